The van der Waals surface area contributed by atoms with E-state index in [1.54, 1.807) is 13.2 Å². The number of anilines is 2. The lowest BCUT2D eigenvalue weighted by Crippen LogP contribution is -2.40. The number of carbonyl (C=O) groups is 1. The van der Waals surface area contributed by atoms with E-state index in [-0.39, 0.29) is 11.9 Å². The lowest BCUT2D eigenvalue weighted by molar-refractivity contribution is 0.0926. The van der Waals surface area contributed by atoms with E-state index < -0.39 is 0 Å². The van der Waals surface area contributed by atoms with Crippen molar-refractivity contribution in [2.24, 2.45) is 0 Å². The van der Waals surface area contributed by atoms with Crippen molar-refractivity contribution in [1.29, 1.82) is 0 Å². The standard InChI is InChI=1S/C21H29N5O2/c1-14-22-19(13-20(23-14)26(2)3)24-16-8-10-17(11-9-16)25-21(27)15-6-5-7-18(12-15)28-4/h5-7,12-13,16-17H,8-11H2,1-4H3,(H,25,27)(H,22,23,24)/t16-,17+. The molecule has 0 aliphatic heterocycles. The predicted octanol–water partition coefficient (Wildman–Crippen LogP) is 3.01. The van der Waals surface area contributed by atoms with Crippen molar-refractivity contribution in [2.75, 3.05) is 31.4 Å². The molecule has 1 fully saturated rings. The number of carbonyl (C=O) groups excluding carboxylic acids is 1. The van der Waals surface area contributed by atoms with Gasteiger partial charge in [0.25, 0.3) is 5.91 Å². The SMILES string of the molecule is COc1cccc(C(=O)N[C@H]2CC[C@@H](Nc3cc(N(C)C)nc(C)n3)CC2)c1. The van der Waals surface area contributed by atoms with Crippen molar-refractivity contribution in [3.05, 3.63) is 41.7 Å². The molecule has 1 aromatic carbocycles. The van der Waals surface area contributed by atoms with E-state index in [4.69, 9.17) is 4.74 Å². The number of rotatable bonds is 6. The van der Waals surface area contributed by atoms with Crippen LogP contribution in [0.2, 0.25) is 0 Å². The van der Waals surface area contributed by atoms with Crippen LogP contribution in [-0.4, -0.2) is 49.2 Å². The monoisotopic (exact) mass is 383 g/mol. The fraction of sp³-hybridized carbons (Fsp3) is 0.476. The van der Waals surface area contributed by atoms with Crippen molar-refractivity contribution in [2.45, 2.75) is 44.7 Å². The number of amides is 1. The molecule has 2 N–H and O–H groups in total. The highest BCUT2D eigenvalue weighted by Gasteiger charge is 2.23. The highest BCUT2D eigenvalue weighted by molar-refractivity contribution is 5.94. The second-order valence-corrected chi connectivity index (χ2v) is 7.45. The van der Waals surface area contributed by atoms with Gasteiger partial charge in [0.05, 0.1) is 7.11 Å². The van der Waals surface area contributed by atoms with Crippen LogP contribution in [0.4, 0.5) is 11.6 Å². The Kier molecular flexibility index (Phi) is 6.34. The minimum Gasteiger partial charge on any atom is -0.497 e. The maximum Gasteiger partial charge on any atom is 0.251 e. The molecule has 1 aromatic heterocycles. The van der Waals surface area contributed by atoms with Gasteiger partial charge in [0.2, 0.25) is 0 Å². The molecule has 1 aliphatic carbocycles. The lowest BCUT2D eigenvalue weighted by atomic mass is 9.91. The summed E-state index contributed by atoms with van der Waals surface area (Å²) in [7, 11) is 5.55. The van der Waals surface area contributed by atoms with Crippen LogP contribution in [-0.2, 0) is 0 Å². The number of aryl methyl sites for hydroxylation is 1. The van der Waals surface area contributed by atoms with Gasteiger partial charge < -0.3 is 20.3 Å². The topological polar surface area (TPSA) is 79.4 Å². The molecule has 0 radical (unpaired) electrons. The zero-order valence-electron chi connectivity index (χ0n) is 17.0. The van der Waals surface area contributed by atoms with Crippen LogP contribution >= 0.6 is 0 Å². The first-order valence-corrected chi connectivity index (χ1v) is 9.69. The molecule has 28 heavy (non-hydrogen) atoms. The molecule has 1 amide bonds. The van der Waals surface area contributed by atoms with Crippen molar-refractivity contribution in [3.8, 4) is 5.75 Å². The quantitative estimate of drug-likeness (QED) is 0.798. The minimum atomic E-state index is -0.0441. The zero-order valence-corrected chi connectivity index (χ0v) is 17.0. The van der Waals surface area contributed by atoms with Crippen LogP contribution < -0.4 is 20.3 Å². The van der Waals surface area contributed by atoms with Crippen LogP contribution in [0.5, 0.6) is 5.75 Å². The molecular formula is C21H29N5O2. The fourth-order valence-electron chi connectivity index (χ4n) is 3.48. The molecule has 0 spiro atoms. The van der Waals surface area contributed by atoms with E-state index >= 15 is 0 Å². The van der Waals surface area contributed by atoms with Gasteiger partial charge in [-0.25, -0.2) is 9.97 Å². The van der Waals surface area contributed by atoms with E-state index in [2.05, 4.69) is 20.6 Å². The molecular weight excluding hydrogens is 354 g/mol. The maximum atomic E-state index is 12.5. The Hall–Kier alpha value is -2.83. The van der Waals surface area contributed by atoms with Crippen LogP contribution in [0, 0.1) is 6.92 Å². The fourth-order valence-corrected chi connectivity index (χ4v) is 3.48. The molecule has 2 aromatic rings. The first-order valence-electron chi connectivity index (χ1n) is 9.69. The summed E-state index contributed by atoms with van der Waals surface area (Å²) in [5, 5.41) is 6.68. The van der Waals surface area contributed by atoms with Crippen LogP contribution in [0.3, 0.4) is 0 Å². The lowest BCUT2D eigenvalue weighted by Gasteiger charge is -2.30. The predicted molar refractivity (Wildman–Crippen MR) is 111 cm³/mol. The van der Waals surface area contributed by atoms with Gasteiger partial charge in [-0.05, 0) is 50.8 Å². The first kappa shape index (κ1) is 19.9. The second kappa shape index (κ2) is 8.91. The Morgan fingerprint density at radius 1 is 1.11 bits per heavy atom. The summed E-state index contributed by atoms with van der Waals surface area (Å²) in [6, 6.07) is 9.77. The average Bonchev–Trinajstić information content (AvgIpc) is 2.69. The number of hydrogen-bond donors (Lipinski definition) is 2. The van der Waals surface area contributed by atoms with Gasteiger partial charge in [-0.3, -0.25) is 4.79 Å². The molecule has 7 heteroatoms. The smallest absolute Gasteiger partial charge is 0.251 e. The maximum absolute atomic E-state index is 12.5. The third kappa shape index (κ3) is 5.12. The van der Waals surface area contributed by atoms with E-state index in [1.165, 1.54) is 0 Å². The van der Waals surface area contributed by atoms with Gasteiger partial charge in [-0.15, -0.1) is 0 Å². The molecule has 3 rings (SSSR count). The average molecular weight is 383 g/mol. The number of nitrogens with one attached hydrogen (secondary N) is 2. The van der Waals surface area contributed by atoms with E-state index in [0.29, 0.717) is 17.4 Å². The summed E-state index contributed by atoms with van der Waals surface area (Å²) in [4.78, 5) is 23.4. The van der Waals surface area contributed by atoms with Gasteiger partial charge >= 0.3 is 0 Å². The number of hydrogen-bond acceptors (Lipinski definition) is 6. The van der Waals surface area contributed by atoms with Crippen molar-refractivity contribution >= 4 is 17.5 Å². The largest absolute Gasteiger partial charge is 0.497 e. The number of aromatic nitrogens is 2. The van der Waals surface area contributed by atoms with E-state index in [0.717, 1.165) is 43.1 Å². The Morgan fingerprint density at radius 2 is 1.82 bits per heavy atom. The summed E-state index contributed by atoms with van der Waals surface area (Å²) in [5.41, 5.74) is 0.632. The third-order valence-electron chi connectivity index (χ3n) is 5.03. The molecule has 7 nitrogen and oxygen atoms in total. The Morgan fingerprint density at radius 3 is 2.50 bits per heavy atom. The van der Waals surface area contributed by atoms with Gasteiger partial charge in [-0.1, -0.05) is 6.07 Å². The summed E-state index contributed by atoms with van der Waals surface area (Å²) in [6.07, 6.45) is 3.86. The minimum absolute atomic E-state index is 0.0441. The number of methoxy groups -OCH3 is 1. The third-order valence-corrected chi connectivity index (χ3v) is 5.03. The second-order valence-electron chi connectivity index (χ2n) is 7.45. The van der Waals surface area contributed by atoms with E-state index in [9.17, 15) is 4.79 Å². The summed E-state index contributed by atoms with van der Waals surface area (Å²) >= 11 is 0. The summed E-state index contributed by atoms with van der Waals surface area (Å²) in [5.74, 6) is 3.16. The number of benzene rings is 1. The molecule has 0 unspecified atom stereocenters. The van der Waals surface area contributed by atoms with Crippen LogP contribution in [0.1, 0.15) is 41.9 Å². The van der Waals surface area contributed by atoms with Gasteiger partial charge in [0.1, 0.15) is 23.2 Å². The molecule has 1 aliphatic rings. The highest BCUT2D eigenvalue weighted by atomic mass is 16.5. The van der Waals surface area contributed by atoms with Crippen molar-refractivity contribution in [1.82, 2.24) is 15.3 Å². The summed E-state index contributed by atoms with van der Waals surface area (Å²) in [6.45, 7) is 1.91. The summed E-state index contributed by atoms with van der Waals surface area (Å²) < 4.78 is 5.20. The van der Waals surface area contributed by atoms with Crippen LogP contribution in [0.15, 0.2) is 30.3 Å². The number of ether oxygens (including phenoxy) is 1. The Balaban J connectivity index is 1.52. The van der Waals surface area contributed by atoms with Gasteiger partial charge in [-0.2, -0.15) is 0 Å². The molecule has 0 bridgehead atoms. The molecule has 1 saturated carbocycles. The zero-order chi connectivity index (χ0) is 20.1. The van der Waals surface area contributed by atoms with Gasteiger partial charge in [0.15, 0.2) is 0 Å². The van der Waals surface area contributed by atoms with Crippen molar-refractivity contribution < 1.29 is 9.53 Å². The molecule has 150 valence electrons. The van der Waals surface area contributed by atoms with Gasteiger partial charge in [0, 0.05) is 37.8 Å². The molecule has 0 saturated heterocycles. The van der Waals surface area contributed by atoms with Crippen LogP contribution in [0.25, 0.3) is 0 Å². The molecule has 0 atom stereocenters. The molecule has 1 heterocycles. The van der Waals surface area contributed by atoms with Crippen molar-refractivity contribution in [3.63, 3.8) is 0 Å². The highest BCUT2D eigenvalue weighted by Crippen LogP contribution is 2.23. The Labute approximate surface area is 166 Å². The normalized spacial score (nSPS) is 19.0. The van der Waals surface area contributed by atoms with E-state index in [1.807, 2.05) is 50.2 Å². The first-order chi connectivity index (χ1) is 13.4. The number of nitrogens with zero attached hydrogens (tertiary/aromatic N) is 3. The Bertz CT molecular complexity index is 816.